The van der Waals surface area contributed by atoms with Crippen molar-refractivity contribution in [3.63, 3.8) is 0 Å². The van der Waals surface area contributed by atoms with Gasteiger partial charge in [0.2, 0.25) is 23.5 Å². The normalized spacial score (nSPS) is 17.4. The molecule has 0 radical (unpaired) electrons. The summed E-state index contributed by atoms with van der Waals surface area (Å²) in [5.41, 5.74) is 1.88. The van der Waals surface area contributed by atoms with Crippen LogP contribution < -0.4 is 14.6 Å². The van der Waals surface area contributed by atoms with Crippen LogP contribution in [0.25, 0.3) is 0 Å². The van der Waals surface area contributed by atoms with Gasteiger partial charge in [-0.05, 0) is 30.5 Å². The molecule has 0 aliphatic heterocycles. The number of carbonyl (C=O) groups is 4. The first kappa shape index (κ1) is 45.4. The van der Waals surface area contributed by atoms with Gasteiger partial charge in [0, 0.05) is 98.2 Å². The smallest absolute Gasteiger partial charge is 0.333 e. The van der Waals surface area contributed by atoms with Crippen LogP contribution >= 0.6 is 12.0 Å². The lowest BCUT2D eigenvalue weighted by molar-refractivity contribution is -0.526. The van der Waals surface area contributed by atoms with Crippen molar-refractivity contribution in [2.24, 2.45) is 11.8 Å². The standard InChI is InChI=1S/C38H44N4O16S2/c43-29-15-16-30(44)41(29)55-33(47)5-1-19-39(21-3-23-59-58-57-51)27-11-7-25(8-12-27)35-37(49)36(38(35)50)26-9-13-28(14-10-26)40(22-4-24-60(52,53)54)20-2-6-34(48)56-42-31(45)17-18-32(42)46/h7-18,26,35-36H,1-6,19-24H2,(H5-,43,44,45,46,51,52,53,54)/p+1. The van der Waals surface area contributed by atoms with Crippen LogP contribution in [-0.2, 0) is 38.7 Å². The first-order chi connectivity index (χ1) is 28.7. The zero-order valence-electron chi connectivity index (χ0n) is 32.0. The molecule has 3 aromatic rings. The van der Waals surface area contributed by atoms with E-state index in [2.05, 4.69) is 9.37 Å². The summed E-state index contributed by atoms with van der Waals surface area (Å²) >= 11 is 0.895. The number of carbonyl (C=O) groups excluding carboxylic acids is 4. The fourth-order valence-corrected chi connectivity index (χ4v) is 7.61. The number of nitrogens with zero attached hydrogens (tertiary/aromatic N) is 4. The van der Waals surface area contributed by atoms with Crippen LogP contribution in [0.5, 0.6) is 23.5 Å². The second kappa shape index (κ2) is 21.0. The summed E-state index contributed by atoms with van der Waals surface area (Å²) < 4.78 is 39.4. The summed E-state index contributed by atoms with van der Waals surface area (Å²) in [5.74, 6) is -6.20. The molecule has 0 amide bonds. The van der Waals surface area contributed by atoms with Crippen molar-refractivity contribution < 1.29 is 81.5 Å². The summed E-state index contributed by atoms with van der Waals surface area (Å²) in [5, 5.41) is 50.9. The van der Waals surface area contributed by atoms with E-state index in [-0.39, 0.29) is 50.3 Å². The Bertz CT molecular complexity index is 2140. The van der Waals surface area contributed by atoms with Crippen molar-refractivity contribution >= 4 is 57.1 Å². The van der Waals surface area contributed by atoms with Crippen LogP contribution in [0.1, 0.15) is 50.0 Å². The second-order valence-corrected chi connectivity index (χ2v) is 16.1. The first-order valence-corrected chi connectivity index (χ1v) is 21.3. The Balaban J connectivity index is 1.18. The van der Waals surface area contributed by atoms with E-state index in [1.807, 2.05) is 4.90 Å². The number of anilines is 1. The number of hydrogen-bond donors (Lipinski definition) is 6. The van der Waals surface area contributed by atoms with E-state index in [0.29, 0.717) is 52.4 Å². The number of ketones is 2. The van der Waals surface area contributed by atoms with E-state index in [9.17, 15) is 52.6 Å². The maximum Gasteiger partial charge on any atom is 0.333 e. The highest BCUT2D eigenvalue weighted by atomic mass is 32.2. The van der Waals surface area contributed by atoms with Crippen LogP contribution in [0.15, 0.2) is 72.8 Å². The van der Waals surface area contributed by atoms with Gasteiger partial charge in [-0.3, -0.25) is 14.1 Å². The highest BCUT2D eigenvalue weighted by Crippen LogP contribution is 2.41. The predicted molar refractivity (Wildman–Crippen MR) is 212 cm³/mol. The fraction of sp³-hybridized carbons (Fsp3) is 0.395. The molecular formula is C38H45N4O16S2+. The van der Waals surface area contributed by atoms with Crippen LogP contribution in [0.3, 0.4) is 0 Å². The second-order valence-electron chi connectivity index (χ2n) is 13.8. The van der Waals surface area contributed by atoms with E-state index in [4.69, 9.17) is 14.9 Å². The average Bonchev–Trinajstić information content (AvgIpc) is 3.70. The lowest BCUT2D eigenvalue weighted by Crippen LogP contribution is -2.49. The first-order valence-electron chi connectivity index (χ1n) is 18.7. The molecule has 0 bridgehead atoms. The molecule has 1 saturated carbocycles. The zero-order chi connectivity index (χ0) is 43.4. The van der Waals surface area contributed by atoms with Crippen LogP contribution in [0.4, 0.5) is 5.69 Å². The van der Waals surface area contributed by atoms with Crippen molar-refractivity contribution in [2.75, 3.05) is 42.6 Å². The molecule has 5 rings (SSSR count). The molecule has 2 heterocycles. The van der Waals surface area contributed by atoms with Crippen LogP contribution in [0.2, 0.25) is 0 Å². The minimum atomic E-state index is -4.23. The van der Waals surface area contributed by atoms with E-state index in [1.54, 1.807) is 53.1 Å². The minimum Gasteiger partial charge on any atom is -0.492 e. The van der Waals surface area contributed by atoms with Crippen molar-refractivity contribution in [1.82, 2.24) is 9.46 Å². The highest BCUT2D eigenvalue weighted by Gasteiger charge is 2.52. The lowest BCUT2D eigenvalue weighted by atomic mass is 9.63. The van der Waals surface area contributed by atoms with Gasteiger partial charge in [0.05, 0.1) is 18.1 Å². The molecule has 22 heteroatoms. The van der Waals surface area contributed by atoms with Gasteiger partial charge in [0.1, 0.15) is 19.0 Å². The maximum absolute atomic E-state index is 13.5. The van der Waals surface area contributed by atoms with Crippen molar-refractivity contribution in [3.05, 3.63) is 78.4 Å². The number of hydrogen-bond acceptors (Lipinski definition) is 17. The topological polar surface area (TPSA) is 277 Å². The molecule has 2 aliphatic carbocycles. The average molecular weight is 878 g/mol. The molecule has 0 saturated heterocycles. The summed E-state index contributed by atoms with van der Waals surface area (Å²) in [7, 11) is -4.23. The summed E-state index contributed by atoms with van der Waals surface area (Å²) in [6.45, 7) is 1.31. The molecule has 2 aliphatic rings. The number of Topliss-reactive ketones (excluding diaryl/α,β-unsaturated/α-hetero) is 2. The van der Waals surface area contributed by atoms with Gasteiger partial charge in [-0.25, -0.2) is 19.4 Å². The molecule has 1 aromatic carbocycles. The Hall–Kier alpha value is -5.65. The molecule has 60 heavy (non-hydrogen) atoms. The van der Waals surface area contributed by atoms with Crippen LogP contribution in [-0.4, -0.2) is 120 Å². The predicted octanol–water partition coefficient (Wildman–Crippen LogP) is 2.57. The zero-order valence-corrected chi connectivity index (χ0v) is 33.6. The van der Waals surface area contributed by atoms with Crippen molar-refractivity contribution in [2.45, 2.75) is 44.4 Å². The molecular weight excluding hydrogens is 833 g/mol. The Morgan fingerprint density at radius 2 is 1.27 bits per heavy atom. The molecule has 6 N–H and O–H groups in total. The molecule has 1 fully saturated rings. The Labute approximate surface area is 347 Å². The summed E-state index contributed by atoms with van der Waals surface area (Å²) in [6, 6.07) is 11.6. The number of aromatic hydroxyl groups is 4. The van der Waals surface area contributed by atoms with Crippen molar-refractivity contribution in [1.29, 1.82) is 0 Å². The van der Waals surface area contributed by atoms with Gasteiger partial charge in [-0.2, -0.15) is 8.42 Å². The largest absolute Gasteiger partial charge is 0.492 e. The van der Waals surface area contributed by atoms with E-state index in [1.165, 1.54) is 12.1 Å². The van der Waals surface area contributed by atoms with Gasteiger partial charge < -0.3 is 35.0 Å². The van der Waals surface area contributed by atoms with Gasteiger partial charge in [0.25, 0.3) is 10.1 Å². The third kappa shape index (κ3) is 12.2. The molecule has 0 spiro atoms. The number of benzene rings is 1. The van der Waals surface area contributed by atoms with Gasteiger partial charge in [-0.15, -0.1) is 13.8 Å². The number of rotatable bonds is 23. The number of allylic oxidation sites excluding steroid dienone is 4. The monoisotopic (exact) mass is 877 g/mol. The molecule has 0 atom stereocenters. The Morgan fingerprint density at radius 1 is 0.750 bits per heavy atom. The Morgan fingerprint density at radius 3 is 1.80 bits per heavy atom. The maximum atomic E-state index is 13.5. The SMILES string of the molecule is O=C(CCCN(CCCSOOO)c1ccc(C2C(=O)C(C3C=CC(=[N+](CCCC(=O)On4c(O)ccc4O)CCCS(=O)(=O)O)C=C3)C2=O)cc1)On1c(O)ccc1O. The van der Waals surface area contributed by atoms with Gasteiger partial charge in [0.15, 0.2) is 17.3 Å². The summed E-state index contributed by atoms with van der Waals surface area (Å²) in [6.07, 6.45) is 7.88. The minimum absolute atomic E-state index is 0.0467. The van der Waals surface area contributed by atoms with E-state index < -0.39 is 69.1 Å². The molecule has 2 aromatic heterocycles. The van der Waals surface area contributed by atoms with Crippen molar-refractivity contribution in [3.8, 4) is 23.5 Å². The molecule has 324 valence electrons. The number of aromatic nitrogens is 2. The third-order valence-corrected chi connectivity index (χ3v) is 11.1. The summed E-state index contributed by atoms with van der Waals surface area (Å²) in [4.78, 5) is 63.7. The highest BCUT2D eigenvalue weighted by molar-refractivity contribution is 7.94. The molecule has 0 unspecified atom stereocenters. The van der Waals surface area contributed by atoms with Gasteiger partial charge in [-0.1, -0.05) is 29.3 Å². The van der Waals surface area contributed by atoms with Gasteiger partial charge >= 0.3 is 11.9 Å². The Kier molecular flexibility index (Phi) is 15.9. The quantitative estimate of drug-likeness (QED) is 0.0152. The third-order valence-electron chi connectivity index (χ3n) is 9.67. The van der Waals surface area contributed by atoms with Crippen LogP contribution in [0, 0.1) is 11.8 Å². The molecule has 20 nitrogen and oxygen atoms in total. The lowest BCUT2D eigenvalue weighted by Gasteiger charge is -2.36. The fourth-order valence-electron chi connectivity index (χ4n) is 6.76. The van der Waals surface area contributed by atoms with E-state index in [0.717, 1.165) is 29.9 Å². The van der Waals surface area contributed by atoms with E-state index >= 15 is 0 Å².